The molecule has 1 aromatic heterocycles. The van der Waals surface area contributed by atoms with E-state index in [-0.39, 0.29) is 12.0 Å². The fourth-order valence-corrected chi connectivity index (χ4v) is 2.55. The largest absolute Gasteiger partial charge is 0.474 e. The first-order valence-corrected chi connectivity index (χ1v) is 8.27. The molecule has 1 N–H and O–H groups in total. The third-order valence-electron chi connectivity index (χ3n) is 3.56. The van der Waals surface area contributed by atoms with Gasteiger partial charge in [0.1, 0.15) is 6.10 Å². The Hall–Kier alpha value is -1.92. The van der Waals surface area contributed by atoms with Crippen LogP contribution in [0.1, 0.15) is 23.2 Å². The molecule has 2 heterocycles. The summed E-state index contributed by atoms with van der Waals surface area (Å²) in [7, 11) is 0. The van der Waals surface area contributed by atoms with Crippen LogP contribution in [-0.2, 0) is 4.74 Å². The van der Waals surface area contributed by atoms with Gasteiger partial charge in [-0.2, -0.15) is 0 Å². The molecule has 1 aromatic carbocycles. The number of ether oxygens (including phenoxy) is 2. The van der Waals surface area contributed by atoms with Crippen molar-refractivity contribution in [3.8, 4) is 5.88 Å². The van der Waals surface area contributed by atoms with E-state index in [0.29, 0.717) is 11.4 Å². The first-order chi connectivity index (χ1) is 11.2. The molecule has 3 rings (SSSR count). The number of anilines is 1. The van der Waals surface area contributed by atoms with Crippen molar-refractivity contribution >= 4 is 27.5 Å². The molecular formula is C17H17BrN2O3. The van der Waals surface area contributed by atoms with Crippen LogP contribution in [0.2, 0.25) is 0 Å². The lowest BCUT2D eigenvalue weighted by molar-refractivity contribution is 0.0237. The molecule has 1 saturated heterocycles. The number of nitrogens with one attached hydrogen (secondary N) is 1. The SMILES string of the molecule is O=C(Nc1ccc(Br)cc1)c1ccc(OC2CCOCC2)nc1. The number of carbonyl (C=O) groups excluding carboxylic acids is 1. The zero-order valence-electron chi connectivity index (χ0n) is 12.5. The number of hydrogen-bond donors (Lipinski definition) is 1. The molecular weight excluding hydrogens is 360 g/mol. The Morgan fingerprint density at radius 2 is 1.91 bits per heavy atom. The summed E-state index contributed by atoms with van der Waals surface area (Å²) >= 11 is 3.36. The minimum absolute atomic E-state index is 0.138. The first-order valence-electron chi connectivity index (χ1n) is 7.48. The van der Waals surface area contributed by atoms with Gasteiger partial charge in [-0.3, -0.25) is 4.79 Å². The van der Waals surface area contributed by atoms with Gasteiger partial charge in [0.25, 0.3) is 5.91 Å². The number of nitrogens with zero attached hydrogens (tertiary/aromatic N) is 1. The maximum atomic E-state index is 12.2. The normalized spacial score (nSPS) is 15.2. The highest BCUT2D eigenvalue weighted by Crippen LogP contribution is 2.17. The Morgan fingerprint density at radius 1 is 1.17 bits per heavy atom. The number of halogens is 1. The van der Waals surface area contributed by atoms with Gasteiger partial charge in [0.15, 0.2) is 0 Å². The van der Waals surface area contributed by atoms with Gasteiger partial charge in [-0.25, -0.2) is 4.98 Å². The second-order valence-electron chi connectivity index (χ2n) is 5.28. The van der Waals surface area contributed by atoms with Crippen molar-refractivity contribution in [2.45, 2.75) is 18.9 Å². The van der Waals surface area contributed by atoms with Gasteiger partial charge < -0.3 is 14.8 Å². The zero-order valence-corrected chi connectivity index (χ0v) is 14.1. The molecule has 120 valence electrons. The van der Waals surface area contributed by atoms with Crippen LogP contribution < -0.4 is 10.1 Å². The molecule has 1 aliphatic heterocycles. The van der Waals surface area contributed by atoms with Gasteiger partial charge in [0, 0.05) is 35.3 Å². The van der Waals surface area contributed by atoms with Crippen molar-refractivity contribution in [3.63, 3.8) is 0 Å². The molecule has 23 heavy (non-hydrogen) atoms. The van der Waals surface area contributed by atoms with Gasteiger partial charge >= 0.3 is 0 Å². The van der Waals surface area contributed by atoms with Crippen LogP contribution in [0.25, 0.3) is 0 Å². The van der Waals surface area contributed by atoms with Crippen molar-refractivity contribution < 1.29 is 14.3 Å². The number of carbonyl (C=O) groups is 1. The smallest absolute Gasteiger partial charge is 0.257 e. The molecule has 0 unspecified atom stereocenters. The van der Waals surface area contributed by atoms with Crippen LogP contribution in [0.5, 0.6) is 5.88 Å². The first kappa shape index (κ1) is 16.0. The Labute approximate surface area is 143 Å². The molecule has 0 radical (unpaired) electrons. The van der Waals surface area contributed by atoms with Crippen LogP contribution in [0.15, 0.2) is 47.1 Å². The summed E-state index contributed by atoms with van der Waals surface area (Å²) in [5.41, 5.74) is 1.23. The predicted octanol–water partition coefficient (Wildman–Crippen LogP) is 3.65. The molecule has 5 nitrogen and oxygen atoms in total. The standard InChI is InChI=1S/C17H17BrN2O3/c18-13-2-4-14(5-3-13)20-17(21)12-1-6-16(19-11-12)23-15-7-9-22-10-8-15/h1-6,11,15H,7-10H2,(H,20,21). The predicted molar refractivity (Wildman–Crippen MR) is 90.8 cm³/mol. The highest BCUT2D eigenvalue weighted by Gasteiger charge is 2.16. The lowest BCUT2D eigenvalue weighted by atomic mass is 10.1. The van der Waals surface area contributed by atoms with Crippen molar-refractivity contribution in [2.24, 2.45) is 0 Å². The molecule has 1 amide bonds. The van der Waals surface area contributed by atoms with Crippen molar-refractivity contribution in [1.82, 2.24) is 4.98 Å². The van der Waals surface area contributed by atoms with Crippen LogP contribution >= 0.6 is 15.9 Å². The molecule has 1 fully saturated rings. The summed E-state index contributed by atoms with van der Waals surface area (Å²) in [4.78, 5) is 16.4. The quantitative estimate of drug-likeness (QED) is 0.884. The zero-order chi connectivity index (χ0) is 16.1. The molecule has 0 saturated carbocycles. The summed E-state index contributed by atoms with van der Waals surface area (Å²) in [6, 6.07) is 10.9. The maximum Gasteiger partial charge on any atom is 0.257 e. The van der Waals surface area contributed by atoms with Crippen LogP contribution in [0.3, 0.4) is 0 Å². The molecule has 0 bridgehead atoms. The third kappa shape index (κ3) is 4.53. The minimum Gasteiger partial charge on any atom is -0.474 e. The summed E-state index contributed by atoms with van der Waals surface area (Å²) in [6.45, 7) is 1.44. The van der Waals surface area contributed by atoms with E-state index in [1.807, 2.05) is 24.3 Å². The van der Waals surface area contributed by atoms with Gasteiger partial charge in [0.2, 0.25) is 5.88 Å². The topological polar surface area (TPSA) is 60.5 Å². The lowest BCUT2D eigenvalue weighted by Crippen LogP contribution is -2.26. The Morgan fingerprint density at radius 3 is 2.57 bits per heavy atom. The van der Waals surface area contributed by atoms with E-state index in [4.69, 9.17) is 9.47 Å². The number of amides is 1. The second kappa shape index (κ2) is 7.57. The summed E-state index contributed by atoms with van der Waals surface area (Å²) in [5, 5.41) is 2.83. The summed E-state index contributed by atoms with van der Waals surface area (Å²) < 4.78 is 12.1. The average molecular weight is 377 g/mol. The summed E-state index contributed by atoms with van der Waals surface area (Å²) in [5.74, 6) is 0.342. The van der Waals surface area contributed by atoms with E-state index in [1.54, 1.807) is 12.1 Å². The molecule has 1 aliphatic rings. The molecule has 0 atom stereocenters. The molecule has 0 spiro atoms. The second-order valence-corrected chi connectivity index (χ2v) is 6.19. The molecule has 6 heteroatoms. The van der Waals surface area contributed by atoms with Crippen molar-refractivity contribution in [2.75, 3.05) is 18.5 Å². The van der Waals surface area contributed by atoms with Crippen LogP contribution in [-0.4, -0.2) is 30.2 Å². The number of rotatable bonds is 4. The molecule has 2 aromatic rings. The lowest BCUT2D eigenvalue weighted by Gasteiger charge is -2.22. The van der Waals surface area contributed by atoms with Gasteiger partial charge in [0.05, 0.1) is 18.8 Å². The van der Waals surface area contributed by atoms with Gasteiger partial charge in [-0.15, -0.1) is 0 Å². The Kier molecular flexibility index (Phi) is 5.25. The van der Waals surface area contributed by atoms with Crippen molar-refractivity contribution in [1.29, 1.82) is 0 Å². The summed E-state index contributed by atoms with van der Waals surface area (Å²) in [6.07, 6.45) is 3.41. The highest BCUT2D eigenvalue weighted by atomic mass is 79.9. The van der Waals surface area contributed by atoms with Crippen LogP contribution in [0.4, 0.5) is 5.69 Å². The van der Waals surface area contributed by atoms with Crippen LogP contribution in [0, 0.1) is 0 Å². The molecule has 0 aliphatic carbocycles. The van der Waals surface area contributed by atoms with E-state index < -0.39 is 0 Å². The minimum atomic E-state index is -0.197. The maximum absolute atomic E-state index is 12.2. The van der Waals surface area contributed by atoms with E-state index in [0.717, 1.165) is 36.2 Å². The fraction of sp³-hybridized carbons (Fsp3) is 0.294. The average Bonchev–Trinajstić information content (AvgIpc) is 2.58. The van der Waals surface area contributed by atoms with E-state index in [2.05, 4.69) is 26.2 Å². The number of pyridine rings is 1. The Bertz CT molecular complexity index is 653. The number of aromatic nitrogens is 1. The number of benzene rings is 1. The fourth-order valence-electron chi connectivity index (χ4n) is 2.29. The van der Waals surface area contributed by atoms with Crippen molar-refractivity contribution in [3.05, 3.63) is 52.6 Å². The monoisotopic (exact) mass is 376 g/mol. The highest BCUT2D eigenvalue weighted by molar-refractivity contribution is 9.10. The van der Waals surface area contributed by atoms with E-state index >= 15 is 0 Å². The number of hydrogen-bond acceptors (Lipinski definition) is 4. The Balaban J connectivity index is 1.59. The van der Waals surface area contributed by atoms with Gasteiger partial charge in [-0.05, 0) is 30.3 Å². The van der Waals surface area contributed by atoms with Gasteiger partial charge in [-0.1, -0.05) is 15.9 Å². The third-order valence-corrected chi connectivity index (χ3v) is 4.09. The van der Waals surface area contributed by atoms with E-state index in [1.165, 1.54) is 6.20 Å². The van der Waals surface area contributed by atoms with E-state index in [9.17, 15) is 4.79 Å².